The molecule has 0 saturated heterocycles. The molecule has 1 amide bonds. The zero-order valence-corrected chi connectivity index (χ0v) is 11.3. The molecule has 6 heteroatoms. The summed E-state index contributed by atoms with van der Waals surface area (Å²) in [7, 11) is 0. The summed E-state index contributed by atoms with van der Waals surface area (Å²) < 4.78 is 38.5. The van der Waals surface area contributed by atoms with Crippen molar-refractivity contribution in [1.29, 1.82) is 0 Å². The molecule has 0 spiro atoms. The van der Waals surface area contributed by atoms with Crippen LogP contribution in [-0.4, -0.2) is 29.3 Å². The van der Waals surface area contributed by atoms with Crippen LogP contribution in [0.5, 0.6) is 0 Å². The average Bonchev–Trinajstić information content (AvgIpc) is 3.18. The summed E-state index contributed by atoms with van der Waals surface area (Å²) in [6.07, 6.45) is -4.62. The first-order chi connectivity index (χ1) is 9.79. The zero-order chi connectivity index (χ0) is 15.7. The van der Waals surface area contributed by atoms with Crippen LogP contribution < -0.4 is 5.32 Å². The molecule has 0 unspecified atom stereocenters. The minimum absolute atomic E-state index is 0.0920. The van der Waals surface area contributed by atoms with E-state index in [1.165, 1.54) is 12.1 Å². The van der Waals surface area contributed by atoms with Gasteiger partial charge in [0.2, 0.25) is 0 Å². The molecule has 3 nitrogen and oxygen atoms in total. The number of amides is 1. The normalized spacial score (nSPS) is 15.9. The summed E-state index contributed by atoms with van der Waals surface area (Å²) >= 11 is 0. The molecule has 0 atom stereocenters. The molecule has 1 fully saturated rings. The second kappa shape index (κ2) is 5.41. The second-order valence-electron chi connectivity index (χ2n) is 5.02. The van der Waals surface area contributed by atoms with Crippen LogP contribution >= 0.6 is 0 Å². The third-order valence-electron chi connectivity index (χ3n) is 3.45. The van der Waals surface area contributed by atoms with Crippen molar-refractivity contribution >= 4 is 5.91 Å². The van der Waals surface area contributed by atoms with E-state index in [2.05, 4.69) is 17.2 Å². The standard InChI is InChI=1S/C15H14F3NO2/c1-10-4-5-12(9-11(10)3-2-8-20)13(21)19-14(6-7-14)15(16,17)18/h4-5,9,20H,6-8H2,1H3,(H,19,21). The van der Waals surface area contributed by atoms with Gasteiger partial charge in [-0.25, -0.2) is 0 Å². The molecule has 0 aliphatic heterocycles. The maximum atomic E-state index is 12.8. The monoisotopic (exact) mass is 297 g/mol. The van der Waals surface area contributed by atoms with Crippen LogP contribution in [0.2, 0.25) is 0 Å². The molecule has 0 heterocycles. The van der Waals surface area contributed by atoms with E-state index in [1.54, 1.807) is 13.0 Å². The van der Waals surface area contributed by atoms with Gasteiger partial charge in [-0.15, -0.1) is 0 Å². The zero-order valence-electron chi connectivity index (χ0n) is 11.3. The lowest BCUT2D eigenvalue weighted by molar-refractivity contribution is -0.163. The molecule has 1 aromatic rings. The Morgan fingerprint density at radius 2 is 2.10 bits per heavy atom. The molecule has 0 radical (unpaired) electrons. The summed E-state index contributed by atoms with van der Waals surface area (Å²) in [4.78, 5) is 12.0. The Hall–Kier alpha value is -2.00. The fraction of sp³-hybridized carbons (Fsp3) is 0.400. The molecule has 0 bridgehead atoms. The molecule has 2 N–H and O–H groups in total. The number of hydrogen-bond donors (Lipinski definition) is 2. The summed E-state index contributed by atoms with van der Waals surface area (Å²) in [5.41, 5.74) is -0.664. The Bertz CT molecular complexity index is 622. The highest BCUT2D eigenvalue weighted by Gasteiger charge is 2.64. The number of rotatable bonds is 2. The van der Waals surface area contributed by atoms with Crippen LogP contribution in [-0.2, 0) is 0 Å². The molecule has 2 rings (SSSR count). The van der Waals surface area contributed by atoms with Gasteiger partial charge >= 0.3 is 6.18 Å². The predicted molar refractivity (Wildman–Crippen MR) is 70.6 cm³/mol. The van der Waals surface area contributed by atoms with Crippen LogP contribution in [0.3, 0.4) is 0 Å². The Morgan fingerprint density at radius 3 is 2.62 bits per heavy atom. The summed E-state index contributed by atoms with van der Waals surface area (Å²) in [5.74, 6) is 4.35. The summed E-state index contributed by atoms with van der Waals surface area (Å²) in [6, 6.07) is 4.50. The van der Waals surface area contributed by atoms with Crippen molar-refractivity contribution < 1.29 is 23.1 Å². The topological polar surface area (TPSA) is 49.3 Å². The molecular weight excluding hydrogens is 283 g/mol. The molecule has 21 heavy (non-hydrogen) atoms. The first kappa shape index (κ1) is 15.4. The maximum Gasteiger partial charge on any atom is 0.411 e. The van der Waals surface area contributed by atoms with E-state index < -0.39 is 17.6 Å². The lowest BCUT2D eigenvalue weighted by atomic mass is 10.0. The van der Waals surface area contributed by atoms with Gasteiger partial charge in [0, 0.05) is 11.1 Å². The average molecular weight is 297 g/mol. The third kappa shape index (κ3) is 3.19. The van der Waals surface area contributed by atoms with Crippen LogP contribution in [0.4, 0.5) is 13.2 Å². The van der Waals surface area contributed by atoms with Gasteiger partial charge in [0.25, 0.3) is 5.91 Å². The number of carbonyl (C=O) groups excluding carboxylic acids is 1. The molecule has 0 aromatic heterocycles. The van der Waals surface area contributed by atoms with Gasteiger partial charge in [0.1, 0.15) is 12.1 Å². The summed E-state index contributed by atoms with van der Waals surface area (Å²) in [5, 5.41) is 10.7. The lowest BCUT2D eigenvalue weighted by Crippen LogP contribution is -2.47. The SMILES string of the molecule is Cc1ccc(C(=O)NC2(C(F)(F)F)CC2)cc1C#CCO. The van der Waals surface area contributed by atoms with Crippen molar-refractivity contribution in [1.82, 2.24) is 5.32 Å². The Balaban J connectivity index is 2.21. The van der Waals surface area contributed by atoms with Crippen LogP contribution in [0.1, 0.15) is 34.3 Å². The number of aliphatic hydroxyl groups excluding tert-OH is 1. The van der Waals surface area contributed by atoms with E-state index in [9.17, 15) is 18.0 Å². The lowest BCUT2D eigenvalue weighted by Gasteiger charge is -2.20. The Labute approximate surface area is 120 Å². The van der Waals surface area contributed by atoms with Crippen molar-refractivity contribution in [2.24, 2.45) is 0 Å². The molecule has 1 saturated carbocycles. The van der Waals surface area contributed by atoms with E-state index in [1.807, 2.05) is 0 Å². The first-order valence-electron chi connectivity index (χ1n) is 6.39. The molecule has 112 valence electrons. The van der Waals surface area contributed by atoms with E-state index in [4.69, 9.17) is 5.11 Å². The number of halogens is 3. The fourth-order valence-corrected chi connectivity index (χ4v) is 1.93. The molecular formula is C15H14F3NO2. The van der Waals surface area contributed by atoms with Crippen molar-refractivity contribution in [2.75, 3.05) is 6.61 Å². The third-order valence-corrected chi connectivity index (χ3v) is 3.45. The van der Waals surface area contributed by atoms with E-state index in [0.717, 1.165) is 5.56 Å². The summed E-state index contributed by atoms with van der Waals surface area (Å²) in [6.45, 7) is 1.44. The van der Waals surface area contributed by atoms with Gasteiger partial charge in [-0.2, -0.15) is 13.2 Å². The van der Waals surface area contributed by atoms with Crippen molar-refractivity contribution in [3.05, 3.63) is 34.9 Å². The highest BCUT2D eigenvalue weighted by atomic mass is 19.4. The minimum atomic E-state index is -4.44. The van der Waals surface area contributed by atoms with Crippen LogP contribution in [0, 0.1) is 18.8 Å². The number of hydrogen-bond acceptors (Lipinski definition) is 2. The number of nitrogens with one attached hydrogen (secondary N) is 1. The fourth-order valence-electron chi connectivity index (χ4n) is 1.93. The quantitative estimate of drug-likeness (QED) is 0.822. The van der Waals surface area contributed by atoms with E-state index >= 15 is 0 Å². The first-order valence-corrected chi connectivity index (χ1v) is 6.39. The predicted octanol–water partition coefficient (Wildman–Crippen LogP) is 2.16. The van der Waals surface area contributed by atoms with Crippen LogP contribution in [0.15, 0.2) is 18.2 Å². The molecule has 1 aliphatic carbocycles. The number of alkyl halides is 3. The molecule has 1 aromatic carbocycles. The minimum Gasteiger partial charge on any atom is -0.384 e. The highest BCUT2D eigenvalue weighted by Crippen LogP contribution is 2.49. The van der Waals surface area contributed by atoms with Gasteiger partial charge in [-0.3, -0.25) is 4.79 Å². The van der Waals surface area contributed by atoms with Gasteiger partial charge in [-0.1, -0.05) is 17.9 Å². The van der Waals surface area contributed by atoms with Crippen LogP contribution in [0.25, 0.3) is 0 Å². The Morgan fingerprint density at radius 1 is 1.43 bits per heavy atom. The maximum absolute atomic E-state index is 12.8. The number of aliphatic hydroxyl groups is 1. The van der Waals surface area contributed by atoms with E-state index in [-0.39, 0.29) is 25.0 Å². The van der Waals surface area contributed by atoms with Crippen molar-refractivity contribution in [3.8, 4) is 11.8 Å². The smallest absolute Gasteiger partial charge is 0.384 e. The Kier molecular flexibility index (Phi) is 3.97. The number of aryl methyl sites for hydroxylation is 1. The van der Waals surface area contributed by atoms with Gasteiger partial charge < -0.3 is 10.4 Å². The van der Waals surface area contributed by atoms with Gasteiger partial charge in [0.05, 0.1) is 0 Å². The van der Waals surface area contributed by atoms with Crippen molar-refractivity contribution in [3.63, 3.8) is 0 Å². The van der Waals surface area contributed by atoms with Gasteiger partial charge in [-0.05, 0) is 37.5 Å². The van der Waals surface area contributed by atoms with Gasteiger partial charge in [0.15, 0.2) is 0 Å². The van der Waals surface area contributed by atoms with E-state index in [0.29, 0.717) is 5.56 Å². The molecule has 1 aliphatic rings. The highest BCUT2D eigenvalue weighted by molar-refractivity contribution is 5.95. The second-order valence-corrected chi connectivity index (χ2v) is 5.02. The number of benzene rings is 1. The largest absolute Gasteiger partial charge is 0.411 e. The van der Waals surface area contributed by atoms with Crippen molar-refractivity contribution in [2.45, 2.75) is 31.5 Å². The number of carbonyl (C=O) groups is 1.